The summed E-state index contributed by atoms with van der Waals surface area (Å²) in [6.07, 6.45) is 3.50. The molecule has 2 aliphatic heterocycles. The third kappa shape index (κ3) is 6.01. The number of halogens is 2. The molecule has 2 fully saturated rings. The molecule has 0 aliphatic carbocycles. The first kappa shape index (κ1) is 27.3. The van der Waals surface area contributed by atoms with Gasteiger partial charge in [0.25, 0.3) is 5.91 Å². The minimum Gasteiger partial charge on any atom is -0.493 e. The number of hydrogen-bond donors (Lipinski definition) is 3. The zero-order valence-electron chi connectivity index (χ0n) is 21.6. The number of carbonyl (C=O) groups excluding carboxylic acids is 1. The number of hydroxylamine groups is 2. The largest absolute Gasteiger partial charge is 0.493 e. The average Bonchev–Trinajstić information content (AvgIpc) is 3.11. The number of nitrogens with zero attached hydrogens (tertiary/aromatic N) is 4. The van der Waals surface area contributed by atoms with E-state index in [0.29, 0.717) is 79.2 Å². The van der Waals surface area contributed by atoms with Crippen LogP contribution in [0.3, 0.4) is 0 Å². The number of fused-ring (bicyclic) bond motifs is 1. The number of rotatable bonds is 6. The van der Waals surface area contributed by atoms with Crippen molar-refractivity contribution in [3.8, 4) is 11.5 Å². The van der Waals surface area contributed by atoms with Crippen LogP contribution in [0.15, 0.2) is 36.7 Å². The first-order valence-corrected chi connectivity index (χ1v) is 13.3. The second-order valence-electron chi connectivity index (χ2n) is 9.94. The van der Waals surface area contributed by atoms with Crippen LogP contribution in [0.1, 0.15) is 32.1 Å². The molecule has 10 nitrogen and oxygen atoms in total. The van der Waals surface area contributed by atoms with Gasteiger partial charge in [-0.3, -0.25) is 4.79 Å². The second kappa shape index (κ2) is 11.5. The van der Waals surface area contributed by atoms with Crippen LogP contribution in [0, 0.1) is 5.82 Å². The van der Waals surface area contributed by atoms with Crippen molar-refractivity contribution in [1.29, 1.82) is 0 Å². The molecule has 2 aromatic carbocycles. The van der Waals surface area contributed by atoms with Crippen molar-refractivity contribution in [2.75, 3.05) is 38.6 Å². The lowest BCUT2D eigenvalue weighted by molar-refractivity contribution is -0.155. The van der Waals surface area contributed by atoms with E-state index in [-0.39, 0.29) is 30.0 Å². The van der Waals surface area contributed by atoms with Gasteiger partial charge in [-0.05, 0) is 37.1 Å². The maximum absolute atomic E-state index is 13.6. The minimum atomic E-state index is -1.45. The molecular weight excluding hydrogens is 529 g/mol. The Morgan fingerprint density at radius 1 is 1.13 bits per heavy atom. The highest BCUT2D eigenvalue weighted by atomic mass is 35.5. The Kier molecular flexibility index (Phi) is 8.03. The molecule has 0 radical (unpaired) electrons. The van der Waals surface area contributed by atoms with Crippen LogP contribution in [-0.2, 0) is 4.79 Å². The van der Waals surface area contributed by atoms with E-state index in [2.05, 4.69) is 15.3 Å². The molecule has 3 aromatic rings. The standard InChI is InChI=1S/C27H31ClFN5O5/c1-38-23-15-22-19(25(31-16-30-22)32-17-3-4-21(29)20(28)13-17)14-24(23)39-18-5-10-33(11-6-18)26(35)27(36)7-2-9-34(37)12-8-27/h3-4,13-16,18,36-37H,2,5-12H2,1H3,(H,30,31,32). The Labute approximate surface area is 230 Å². The molecule has 1 aromatic heterocycles. The van der Waals surface area contributed by atoms with Crippen LogP contribution >= 0.6 is 11.6 Å². The fourth-order valence-electron chi connectivity index (χ4n) is 5.10. The number of aliphatic hydroxyl groups is 1. The summed E-state index contributed by atoms with van der Waals surface area (Å²) in [6.45, 7) is 1.61. The van der Waals surface area contributed by atoms with E-state index >= 15 is 0 Å². The first-order valence-electron chi connectivity index (χ1n) is 12.9. The number of likely N-dealkylation sites (tertiary alicyclic amines) is 1. The molecule has 2 aliphatic rings. The molecule has 39 heavy (non-hydrogen) atoms. The van der Waals surface area contributed by atoms with Crippen molar-refractivity contribution in [3.63, 3.8) is 0 Å². The quantitative estimate of drug-likeness (QED) is 0.409. The average molecular weight is 560 g/mol. The van der Waals surface area contributed by atoms with Gasteiger partial charge in [0, 0.05) is 62.6 Å². The Balaban J connectivity index is 1.30. The number of carbonyl (C=O) groups is 1. The number of piperidine rings is 1. The highest BCUT2D eigenvalue weighted by Gasteiger charge is 2.41. The van der Waals surface area contributed by atoms with Crippen molar-refractivity contribution < 1.29 is 29.0 Å². The smallest absolute Gasteiger partial charge is 0.254 e. The van der Waals surface area contributed by atoms with Crippen LogP contribution < -0.4 is 14.8 Å². The number of methoxy groups -OCH3 is 1. The fraction of sp³-hybridized carbons (Fsp3) is 0.444. The van der Waals surface area contributed by atoms with Gasteiger partial charge in [-0.1, -0.05) is 11.6 Å². The van der Waals surface area contributed by atoms with Crippen molar-refractivity contribution in [2.24, 2.45) is 0 Å². The Morgan fingerprint density at radius 2 is 1.92 bits per heavy atom. The lowest BCUT2D eigenvalue weighted by atomic mass is 9.92. The van der Waals surface area contributed by atoms with E-state index in [4.69, 9.17) is 21.1 Å². The summed E-state index contributed by atoms with van der Waals surface area (Å²) in [6, 6.07) is 7.88. The van der Waals surface area contributed by atoms with Gasteiger partial charge in [0.2, 0.25) is 0 Å². The van der Waals surface area contributed by atoms with Crippen LogP contribution in [0.25, 0.3) is 10.9 Å². The summed E-state index contributed by atoms with van der Waals surface area (Å²) < 4.78 is 25.5. The van der Waals surface area contributed by atoms with Crippen molar-refractivity contribution in [3.05, 3.63) is 47.5 Å². The van der Waals surface area contributed by atoms with Crippen LogP contribution in [0.4, 0.5) is 15.9 Å². The Hall–Kier alpha value is -3.25. The van der Waals surface area contributed by atoms with Gasteiger partial charge >= 0.3 is 0 Å². The number of benzene rings is 2. The summed E-state index contributed by atoms with van der Waals surface area (Å²) in [5, 5.41) is 25.7. The van der Waals surface area contributed by atoms with Gasteiger partial charge in [-0.15, -0.1) is 0 Å². The van der Waals surface area contributed by atoms with E-state index in [9.17, 15) is 19.5 Å². The summed E-state index contributed by atoms with van der Waals surface area (Å²) in [5.41, 5.74) is -0.257. The fourth-order valence-corrected chi connectivity index (χ4v) is 5.28. The van der Waals surface area contributed by atoms with Gasteiger partial charge in [-0.2, -0.15) is 5.06 Å². The van der Waals surface area contributed by atoms with E-state index in [1.54, 1.807) is 30.2 Å². The molecule has 2 saturated heterocycles. The number of amides is 1. The minimum absolute atomic E-state index is 0.00425. The molecule has 0 saturated carbocycles. The lowest BCUT2D eigenvalue weighted by Gasteiger charge is -2.37. The zero-order chi connectivity index (χ0) is 27.6. The molecule has 208 valence electrons. The highest BCUT2D eigenvalue weighted by Crippen LogP contribution is 2.37. The normalized spacial score (nSPS) is 21.0. The van der Waals surface area contributed by atoms with Gasteiger partial charge in [0.05, 0.1) is 17.6 Å². The third-order valence-electron chi connectivity index (χ3n) is 7.31. The van der Waals surface area contributed by atoms with E-state index in [1.165, 1.54) is 18.5 Å². The van der Waals surface area contributed by atoms with Gasteiger partial charge in [0.15, 0.2) is 11.5 Å². The van der Waals surface area contributed by atoms with E-state index in [0.717, 1.165) is 5.06 Å². The van der Waals surface area contributed by atoms with E-state index in [1.807, 2.05) is 0 Å². The summed E-state index contributed by atoms with van der Waals surface area (Å²) in [7, 11) is 1.55. The van der Waals surface area contributed by atoms with Crippen molar-refractivity contribution >= 4 is 39.9 Å². The molecule has 1 unspecified atom stereocenters. The molecule has 3 N–H and O–H groups in total. The monoisotopic (exact) mass is 559 g/mol. The van der Waals surface area contributed by atoms with Crippen LogP contribution in [-0.4, -0.2) is 81.1 Å². The number of anilines is 2. The predicted octanol–water partition coefficient (Wildman–Crippen LogP) is 4.15. The summed E-state index contributed by atoms with van der Waals surface area (Å²) >= 11 is 5.93. The molecule has 1 amide bonds. The topological polar surface area (TPSA) is 120 Å². The van der Waals surface area contributed by atoms with Gasteiger partial charge < -0.3 is 30.0 Å². The number of hydrogen-bond acceptors (Lipinski definition) is 9. The van der Waals surface area contributed by atoms with Gasteiger partial charge in [0.1, 0.15) is 29.7 Å². The Bertz CT molecular complexity index is 1360. The first-order chi connectivity index (χ1) is 18.8. The number of aromatic nitrogens is 2. The number of ether oxygens (including phenoxy) is 2. The highest BCUT2D eigenvalue weighted by molar-refractivity contribution is 6.31. The molecule has 12 heteroatoms. The van der Waals surface area contributed by atoms with Crippen LogP contribution in [0.2, 0.25) is 5.02 Å². The molecule has 3 heterocycles. The maximum Gasteiger partial charge on any atom is 0.254 e. The molecular formula is C27H31ClFN5O5. The van der Waals surface area contributed by atoms with Gasteiger partial charge in [-0.25, -0.2) is 14.4 Å². The molecule has 0 spiro atoms. The SMILES string of the molecule is COc1cc2ncnc(Nc3ccc(F)c(Cl)c3)c2cc1OC1CCN(C(=O)C2(O)CCCN(O)CC2)CC1. The third-order valence-corrected chi connectivity index (χ3v) is 7.60. The zero-order valence-corrected chi connectivity index (χ0v) is 22.3. The second-order valence-corrected chi connectivity index (χ2v) is 10.4. The maximum atomic E-state index is 13.6. The van der Waals surface area contributed by atoms with Crippen LogP contribution in [0.5, 0.6) is 11.5 Å². The number of nitrogens with one attached hydrogen (secondary N) is 1. The molecule has 5 rings (SSSR count). The Morgan fingerprint density at radius 3 is 2.67 bits per heavy atom. The predicted molar refractivity (Wildman–Crippen MR) is 143 cm³/mol. The molecule has 0 bridgehead atoms. The van der Waals surface area contributed by atoms with Crippen molar-refractivity contribution in [1.82, 2.24) is 19.9 Å². The summed E-state index contributed by atoms with van der Waals surface area (Å²) in [4.78, 5) is 23.5. The molecule has 1 atom stereocenters. The summed E-state index contributed by atoms with van der Waals surface area (Å²) in [5.74, 6) is 0.720. The van der Waals surface area contributed by atoms with E-state index < -0.39 is 11.4 Å². The lowest BCUT2D eigenvalue weighted by Crippen LogP contribution is -2.52. The van der Waals surface area contributed by atoms with Crippen molar-refractivity contribution in [2.45, 2.75) is 43.8 Å².